The molecule has 21 heavy (non-hydrogen) atoms. The van der Waals surface area contributed by atoms with E-state index >= 15 is 0 Å². The van der Waals surface area contributed by atoms with Crippen molar-refractivity contribution in [1.82, 2.24) is 9.71 Å². The van der Waals surface area contributed by atoms with Crippen molar-refractivity contribution in [3.8, 4) is 0 Å². The number of thiazole rings is 1. The molecule has 2 aromatic rings. The van der Waals surface area contributed by atoms with Crippen molar-refractivity contribution < 1.29 is 12.8 Å². The molecule has 1 atom stereocenters. The van der Waals surface area contributed by atoms with Gasteiger partial charge in [-0.25, -0.2) is 22.5 Å². The third-order valence-electron chi connectivity index (χ3n) is 2.92. The maximum absolute atomic E-state index is 13.7. The Hall–Kier alpha value is -1.31. The minimum atomic E-state index is -3.63. The highest BCUT2D eigenvalue weighted by molar-refractivity contribution is 7.88. The SMILES string of the molecule is Cc1ccc(CS(=O)(=O)NC(C)c2nc(C)cs2)c(F)c1. The minimum absolute atomic E-state index is 0.163. The first-order chi connectivity index (χ1) is 9.77. The molecule has 2 rings (SSSR count). The quantitative estimate of drug-likeness (QED) is 0.917. The molecule has 0 spiro atoms. The van der Waals surface area contributed by atoms with E-state index in [1.165, 1.54) is 23.5 Å². The van der Waals surface area contributed by atoms with Gasteiger partial charge in [-0.05, 0) is 32.4 Å². The van der Waals surface area contributed by atoms with Crippen molar-refractivity contribution in [3.63, 3.8) is 0 Å². The number of benzene rings is 1. The van der Waals surface area contributed by atoms with Crippen LogP contribution in [0.2, 0.25) is 0 Å². The first kappa shape index (κ1) is 16.1. The summed E-state index contributed by atoms with van der Waals surface area (Å²) in [6.45, 7) is 5.33. The summed E-state index contributed by atoms with van der Waals surface area (Å²) in [5.41, 5.74) is 1.77. The van der Waals surface area contributed by atoms with Crippen molar-refractivity contribution in [2.24, 2.45) is 0 Å². The molecule has 0 bridgehead atoms. The van der Waals surface area contributed by atoms with Crippen molar-refractivity contribution in [2.45, 2.75) is 32.6 Å². The van der Waals surface area contributed by atoms with E-state index in [9.17, 15) is 12.8 Å². The smallest absolute Gasteiger partial charge is 0.216 e. The normalized spacial score (nSPS) is 13.3. The third kappa shape index (κ3) is 4.33. The Bertz CT molecular complexity index is 741. The van der Waals surface area contributed by atoms with Crippen molar-refractivity contribution in [1.29, 1.82) is 0 Å². The highest BCUT2D eigenvalue weighted by atomic mass is 32.2. The fourth-order valence-electron chi connectivity index (χ4n) is 1.91. The predicted molar refractivity (Wildman–Crippen MR) is 82.2 cm³/mol. The Balaban J connectivity index is 2.11. The molecule has 0 aliphatic heterocycles. The second-order valence-electron chi connectivity index (χ2n) is 5.02. The second-order valence-corrected chi connectivity index (χ2v) is 7.66. The second kappa shape index (κ2) is 6.21. The van der Waals surface area contributed by atoms with Crippen molar-refractivity contribution in [2.75, 3.05) is 0 Å². The summed E-state index contributed by atoms with van der Waals surface area (Å²) < 4.78 is 40.5. The maximum atomic E-state index is 13.7. The average molecular weight is 328 g/mol. The fraction of sp³-hybridized carbons (Fsp3) is 0.357. The molecule has 0 fully saturated rings. The van der Waals surface area contributed by atoms with Gasteiger partial charge in [0, 0.05) is 16.6 Å². The molecule has 1 unspecified atom stereocenters. The van der Waals surface area contributed by atoms with Crippen molar-refractivity contribution >= 4 is 21.4 Å². The van der Waals surface area contributed by atoms with E-state index in [-0.39, 0.29) is 11.3 Å². The molecular formula is C14H17FN2O2S2. The number of hydrogen-bond donors (Lipinski definition) is 1. The molecule has 0 saturated carbocycles. The van der Waals surface area contributed by atoms with Crippen LogP contribution in [-0.2, 0) is 15.8 Å². The zero-order valence-electron chi connectivity index (χ0n) is 12.1. The molecule has 0 saturated heterocycles. The van der Waals surface area contributed by atoms with Crippen LogP contribution in [0.25, 0.3) is 0 Å². The minimum Gasteiger partial charge on any atom is -0.245 e. The number of aryl methyl sites for hydroxylation is 2. The van der Waals surface area contributed by atoms with Crippen LogP contribution in [0.15, 0.2) is 23.6 Å². The summed E-state index contributed by atoms with van der Waals surface area (Å²) in [5.74, 6) is -0.883. The third-order valence-corrected chi connectivity index (χ3v) is 5.47. The summed E-state index contributed by atoms with van der Waals surface area (Å²) >= 11 is 1.40. The average Bonchev–Trinajstić information content (AvgIpc) is 2.79. The number of aromatic nitrogens is 1. The van der Waals surface area contributed by atoms with Gasteiger partial charge in [0.1, 0.15) is 10.8 Å². The standard InChI is InChI=1S/C14H17FN2O2S2/c1-9-4-5-12(13(15)6-9)8-21(18,19)17-11(3)14-16-10(2)7-20-14/h4-7,11,17H,8H2,1-3H3. The summed E-state index contributed by atoms with van der Waals surface area (Å²) in [5, 5.41) is 2.56. The molecule has 1 aromatic heterocycles. The largest absolute Gasteiger partial charge is 0.245 e. The van der Waals surface area contributed by atoms with Crippen LogP contribution in [0, 0.1) is 19.7 Å². The van der Waals surface area contributed by atoms with Crippen LogP contribution in [0.1, 0.15) is 34.8 Å². The zero-order chi connectivity index (χ0) is 15.6. The molecule has 7 heteroatoms. The Morgan fingerprint density at radius 3 is 2.67 bits per heavy atom. The number of nitrogens with zero attached hydrogens (tertiary/aromatic N) is 1. The van der Waals surface area contributed by atoms with E-state index in [4.69, 9.17) is 0 Å². The van der Waals surface area contributed by atoms with E-state index in [1.54, 1.807) is 19.9 Å². The van der Waals surface area contributed by atoms with Crippen molar-refractivity contribution in [3.05, 3.63) is 51.2 Å². The Morgan fingerprint density at radius 1 is 1.38 bits per heavy atom. The number of hydrogen-bond acceptors (Lipinski definition) is 4. The Labute approximate surface area is 128 Å². The van der Waals surface area contributed by atoms with Gasteiger partial charge in [-0.2, -0.15) is 0 Å². The first-order valence-electron chi connectivity index (χ1n) is 6.44. The maximum Gasteiger partial charge on any atom is 0.216 e. The number of nitrogens with one attached hydrogen (secondary N) is 1. The lowest BCUT2D eigenvalue weighted by molar-refractivity contribution is 0.560. The monoisotopic (exact) mass is 328 g/mol. The van der Waals surface area contributed by atoms with E-state index in [0.29, 0.717) is 5.01 Å². The van der Waals surface area contributed by atoms with Crippen LogP contribution in [0.3, 0.4) is 0 Å². The topological polar surface area (TPSA) is 59.1 Å². The van der Waals surface area contributed by atoms with Crippen LogP contribution in [0.4, 0.5) is 4.39 Å². The lowest BCUT2D eigenvalue weighted by Gasteiger charge is -2.12. The molecule has 0 aliphatic rings. The molecule has 0 amide bonds. The molecule has 1 heterocycles. The number of sulfonamides is 1. The summed E-state index contributed by atoms with van der Waals surface area (Å²) in [7, 11) is -3.63. The molecule has 0 radical (unpaired) electrons. The van der Waals surface area contributed by atoms with Gasteiger partial charge in [0.15, 0.2) is 0 Å². The van der Waals surface area contributed by atoms with E-state index in [0.717, 1.165) is 11.3 Å². The van der Waals surface area contributed by atoms with Gasteiger partial charge in [0.2, 0.25) is 10.0 Å². The highest BCUT2D eigenvalue weighted by Gasteiger charge is 2.20. The summed E-state index contributed by atoms with van der Waals surface area (Å²) in [4.78, 5) is 4.25. The molecule has 0 aliphatic carbocycles. The van der Waals surface area contributed by atoms with Gasteiger partial charge >= 0.3 is 0 Å². The molecular weight excluding hydrogens is 311 g/mol. The van der Waals surface area contributed by atoms with Crippen LogP contribution >= 0.6 is 11.3 Å². The summed E-state index contributed by atoms with van der Waals surface area (Å²) in [6.07, 6.45) is 0. The predicted octanol–water partition coefficient (Wildman–Crippen LogP) is 3.08. The van der Waals surface area contributed by atoms with E-state index in [1.807, 2.05) is 12.3 Å². The Kier molecular flexibility index (Phi) is 4.75. The molecule has 114 valence electrons. The first-order valence-corrected chi connectivity index (χ1v) is 8.97. The van der Waals surface area contributed by atoms with Gasteiger partial charge in [-0.1, -0.05) is 12.1 Å². The lowest BCUT2D eigenvalue weighted by Crippen LogP contribution is -2.28. The van der Waals surface area contributed by atoms with Crippen LogP contribution < -0.4 is 4.72 Å². The molecule has 1 N–H and O–H groups in total. The van der Waals surface area contributed by atoms with Gasteiger partial charge in [0.25, 0.3) is 0 Å². The van der Waals surface area contributed by atoms with Crippen LogP contribution in [-0.4, -0.2) is 13.4 Å². The number of halogens is 1. The fourth-order valence-corrected chi connectivity index (χ4v) is 4.16. The van der Waals surface area contributed by atoms with Gasteiger partial charge in [-0.3, -0.25) is 0 Å². The molecule has 1 aromatic carbocycles. The highest BCUT2D eigenvalue weighted by Crippen LogP contribution is 2.20. The van der Waals surface area contributed by atoms with E-state index in [2.05, 4.69) is 9.71 Å². The number of rotatable bonds is 5. The summed E-state index contributed by atoms with van der Waals surface area (Å²) in [6, 6.07) is 4.10. The van der Waals surface area contributed by atoms with Gasteiger partial charge in [-0.15, -0.1) is 11.3 Å². The van der Waals surface area contributed by atoms with Gasteiger partial charge < -0.3 is 0 Å². The zero-order valence-corrected chi connectivity index (χ0v) is 13.7. The molecule has 4 nitrogen and oxygen atoms in total. The Morgan fingerprint density at radius 2 is 2.10 bits per heavy atom. The van der Waals surface area contributed by atoms with E-state index < -0.39 is 21.9 Å². The van der Waals surface area contributed by atoms with Gasteiger partial charge in [0.05, 0.1) is 11.8 Å². The lowest BCUT2D eigenvalue weighted by atomic mass is 10.2. The van der Waals surface area contributed by atoms with Crippen LogP contribution in [0.5, 0.6) is 0 Å².